The van der Waals surface area contributed by atoms with Crippen molar-refractivity contribution in [1.82, 2.24) is 19.8 Å². The van der Waals surface area contributed by atoms with Gasteiger partial charge < -0.3 is 48.7 Å². The van der Waals surface area contributed by atoms with Gasteiger partial charge in [0.05, 0.1) is 88.7 Å². The zero-order chi connectivity index (χ0) is 36.0. The molecule has 1 aromatic carbocycles. The van der Waals surface area contributed by atoms with Crippen LogP contribution in [0.25, 0.3) is 22.3 Å². The Bertz CT molecular complexity index is 1830. The summed E-state index contributed by atoms with van der Waals surface area (Å²) < 4.78 is 43.7. The molecule has 50 heavy (non-hydrogen) atoms. The molecule has 0 bridgehead atoms. The number of pyridine rings is 2. The standard InChI is InChI=1S/C34H42FN5O10/c1-4-34(45)24-14-27-31-22(18-40(27)32(44)23(24)19-50-33(34)36)21(20-13-28(46-3)25(35)15-26(20)38-31)17-39(29(41)16-37-2)6-8-48-10-12-49-11-9-47-7-5-30(42)43/h13-15,36-37,45H,4-12,16-19H2,1-3H3,(H,42,43)/t34-/m0/s1. The van der Waals surface area contributed by atoms with Crippen LogP contribution in [-0.2, 0) is 53.8 Å². The van der Waals surface area contributed by atoms with Crippen molar-refractivity contribution in [3.8, 4) is 17.1 Å². The summed E-state index contributed by atoms with van der Waals surface area (Å²) in [6, 6.07) is 4.45. The second kappa shape index (κ2) is 16.0. The van der Waals surface area contributed by atoms with E-state index in [4.69, 9.17) is 39.2 Å². The maximum Gasteiger partial charge on any atom is 0.305 e. The van der Waals surface area contributed by atoms with Crippen LogP contribution in [0, 0.1) is 11.2 Å². The molecule has 0 saturated heterocycles. The number of ether oxygens (including phenoxy) is 5. The smallest absolute Gasteiger partial charge is 0.305 e. The van der Waals surface area contributed by atoms with Crippen LogP contribution in [0.4, 0.5) is 4.39 Å². The number of carboxylic acids is 1. The second-order valence-corrected chi connectivity index (χ2v) is 11.9. The number of aliphatic carboxylic acids is 1. The number of halogens is 1. The van der Waals surface area contributed by atoms with Gasteiger partial charge in [0.2, 0.25) is 11.8 Å². The van der Waals surface area contributed by atoms with E-state index in [9.17, 15) is 19.5 Å². The number of carboxylic acid groups (broad SMARTS) is 1. The Morgan fingerprint density at radius 1 is 1.12 bits per heavy atom. The van der Waals surface area contributed by atoms with E-state index in [0.717, 1.165) is 0 Å². The summed E-state index contributed by atoms with van der Waals surface area (Å²) in [6.07, 6.45) is 0.0303. The molecule has 4 N–H and O–H groups in total. The summed E-state index contributed by atoms with van der Waals surface area (Å²) >= 11 is 0. The molecule has 15 nitrogen and oxygen atoms in total. The molecule has 270 valence electrons. The minimum atomic E-state index is -1.79. The Morgan fingerprint density at radius 2 is 1.82 bits per heavy atom. The monoisotopic (exact) mass is 699 g/mol. The van der Waals surface area contributed by atoms with Gasteiger partial charge in [0, 0.05) is 35.7 Å². The zero-order valence-electron chi connectivity index (χ0n) is 28.3. The van der Waals surface area contributed by atoms with Gasteiger partial charge in [-0.25, -0.2) is 9.37 Å². The fourth-order valence-electron chi connectivity index (χ4n) is 6.16. The molecule has 2 aromatic heterocycles. The van der Waals surface area contributed by atoms with E-state index in [1.54, 1.807) is 24.9 Å². The lowest BCUT2D eigenvalue weighted by molar-refractivity contribution is -0.138. The maximum atomic E-state index is 15.1. The van der Waals surface area contributed by atoms with Crippen LogP contribution in [0.5, 0.6) is 5.75 Å². The van der Waals surface area contributed by atoms with E-state index in [0.29, 0.717) is 33.4 Å². The highest BCUT2D eigenvalue weighted by molar-refractivity contribution is 5.91. The average Bonchev–Trinajstić information content (AvgIpc) is 3.46. The van der Waals surface area contributed by atoms with Crippen molar-refractivity contribution in [2.24, 2.45) is 0 Å². The lowest BCUT2D eigenvalue weighted by Gasteiger charge is -2.33. The number of nitrogens with one attached hydrogen (secondary N) is 2. The molecule has 16 heteroatoms. The third-order valence-electron chi connectivity index (χ3n) is 8.87. The lowest BCUT2D eigenvalue weighted by atomic mass is 9.85. The largest absolute Gasteiger partial charge is 0.494 e. The van der Waals surface area contributed by atoms with Crippen molar-refractivity contribution in [2.45, 2.75) is 45.1 Å². The highest BCUT2D eigenvalue weighted by Crippen LogP contribution is 2.41. The number of hydrogen-bond donors (Lipinski definition) is 4. The van der Waals surface area contributed by atoms with Crippen molar-refractivity contribution >= 4 is 28.7 Å². The first-order chi connectivity index (χ1) is 24.0. The van der Waals surface area contributed by atoms with Crippen molar-refractivity contribution in [2.75, 3.05) is 66.9 Å². The third-order valence-corrected chi connectivity index (χ3v) is 8.87. The van der Waals surface area contributed by atoms with Gasteiger partial charge in [-0.3, -0.25) is 19.8 Å². The number of carbonyl (C=O) groups excluding carboxylic acids is 1. The topological polar surface area (TPSA) is 195 Å². The first kappa shape index (κ1) is 36.8. The van der Waals surface area contributed by atoms with Crippen molar-refractivity contribution in [3.63, 3.8) is 0 Å². The molecule has 4 heterocycles. The molecule has 0 spiro atoms. The second-order valence-electron chi connectivity index (χ2n) is 11.9. The zero-order valence-corrected chi connectivity index (χ0v) is 28.3. The van der Waals surface area contributed by atoms with Crippen LogP contribution in [-0.4, -0.2) is 109 Å². The molecule has 0 fully saturated rings. The van der Waals surface area contributed by atoms with Gasteiger partial charge in [-0.1, -0.05) is 6.92 Å². The van der Waals surface area contributed by atoms with E-state index >= 15 is 4.39 Å². The van der Waals surface area contributed by atoms with E-state index in [2.05, 4.69) is 5.32 Å². The normalized spacial score (nSPS) is 16.1. The summed E-state index contributed by atoms with van der Waals surface area (Å²) in [6.45, 7) is 3.34. The predicted octanol–water partition coefficient (Wildman–Crippen LogP) is 1.75. The first-order valence-electron chi connectivity index (χ1n) is 16.3. The third kappa shape index (κ3) is 7.49. The van der Waals surface area contributed by atoms with E-state index in [1.807, 2.05) is 0 Å². The number of fused-ring (bicyclic) bond motifs is 5. The number of carbonyl (C=O) groups is 2. The van der Waals surface area contributed by atoms with Gasteiger partial charge in [0.15, 0.2) is 17.2 Å². The van der Waals surface area contributed by atoms with Crippen LogP contribution in [0.2, 0.25) is 0 Å². The van der Waals surface area contributed by atoms with Gasteiger partial charge >= 0.3 is 5.97 Å². The SMILES string of the molecule is CC[C@@]1(O)C(=N)OCc2c1cc1n(c2=O)Cc2c-1nc1cc(F)c(OC)cc1c2CN(CCOCCOCCOCCC(=O)O)C(=O)CNC. The summed E-state index contributed by atoms with van der Waals surface area (Å²) in [5, 5.41) is 31.7. The van der Waals surface area contributed by atoms with Gasteiger partial charge in [-0.05, 0) is 31.2 Å². The Hall–Kier alpha value is -4.48. The summed E-state index contributed by atoms with van der Waals surface area (Å²) in [4.78, 5) is 44.2. The van der Waals surface area contributed by atoms with Crippen molar-refractivity contribution < 1.29 is 47.9 Å². The highest BCUT2D eigenvalue weighted by atomic mass is 19.1. The number of amides is 1. The summed E-state index contributed by atoms with van der Waals surface area (Å²) in [5.41, 5.74) is 0.766. The molecular formula is C34H42FN5O10. The maximum absolute atomic E-state index is 15.1. The number of methoxy groups -OCH3 is 1. The van der Waals surface area contributed by atoms with E-state index in [-0.39, 0.29) is 120 Å². The summed E-state index contributed by atoms with van der Waals surface area (Å²) in [7, 11) is 3.02. The molecule has 5 rings (SSSR count). The lowest BCUT2D eigenvalue weighted by Crippen LogP contribution is -2.44. The molecule has 3 aromatic rings. The number of aliphatic hydroxyl groups is 1. The minimum Gasteiger partial charge on any atom is -0.494 e. The first-order valence-corrected chi connectivity index (χ1v) is 16.3. The number of benzene rings is 1. The number of likely N-dealkylation sites (N-methyl/N-ethyl adjacent to an activating group) is 1. The molecule has 0 saturated carbocycles. The average molecular weight is 700 g/mol. The van der Waals surface area contributed by atoms with Gasteiger partial charge in [0.25, 0.3) is 5.56 Å². The molecule has 0 unspecified atom stereocenters. The molecular weight excluding hydrogens is 657 g/mol. The van der Waals surface area contributed by atoms with Crippen LogP contribution in [0.15, 0.2) is 23.0 Å². The minimum absolute atomic E-state index is 0.00367. The molecule has 0 radical (unpaired) electrons. The number of rotatable bonds is 18. The number of nitrogens with zero attached hydrogens (tertiary/aromatic N) is 3. The Balaban J connectivity index is 1.42. The number of hydrogen-bond acceptors (Lipinski definition) is 12. The predicted molar refractivity (Wildman–Crippen MR) is 178 cm³/mol. The molecule has 1 atom stereocenters. The molecule has 0 aliphatic carbocycles. The van der Waals surface area contributed by atoms with E-state index in [1.165, 1.54) is 23.8 Å². The van der Waals surface area contributed by atoms with Crippen LogP contribution < -0.4 is 15.6 Å². The van der Waals surface area contributed by atoms with Crippen molar-refractivity contribution in [3.05, 3.63) is 56.6 Å². The highest BCUT2D eigenvalue weighted by Gasteiger charge is 2.43. The summed E-state index contributed by atoms with van der Waals surface area (Å²) in [5.74, 6) is -2.12. The van der Waals surface area contributed by atoms with Crippen LogP contribution in [0.1, 0.15) is 42.0 Å². The van der Waals surface area contributed by atoms with Crippen LogP contribution >= 0.6 is 0 Å². The fourth-order valence-corrected chi connectivity index (χ4v) is 6.16. The fraction of sp³-hybridized carbons (Fsp3) is 0.500. The van der Waals surface area contributed by atoms with Gasteiger partial charge in [0.1, 0.15) is 6.61 Å². The molecule has 2 aliphatic heterocycles. The number of aromatic nitrogens is 2. The van der Waals surface area contributed by atoms with E-state index < -0.39 is 17.4 Å². The van der Waals surface area contributed by atoms with Gasteiger partial charge in [-0.2, -0.15) is 0 Å². The Morgan fingerprint density at radius 3 is 2.48 bits per heavy atom. The Kier molecular flexibility index (Phi) is 11.8. The van der Waals surface area contributed by atoms with Crippen molar-refractivity contribution in [1.29, 1.82) is 5.41 Å². The molecule has 2 aliphatic rings. The quantitative estimate of drug-likeness (QED) is 0.110. The van der Waals surface area contributed by atoms with Gasteiger partial charge in [-0.15, -0.1) is 0 Å². The molecule has 1 amide bonds. The Labute approximate surface area is 287 Å². The van der Waals surface area contributed by atoms with Crippen LogP contribution in [0.3, 0.4) is 0 Å².